The molecule has 0 bridgehead atoms. The molecule has 1 rings (SSSR count). The van der Waals surface area contributed by atoms with Crippen molar-refractivity contribution in [3.8, 4) is 0 Å². The highest BCUT2D eigenvalue weighted by atomic mass is 35.5. The second-order valence-corrected chi connectivity index (χ2v) is 3.57. The minimum atomic E-state index is 0.779. The maximum atomic E-state index is 5.75. The highest BCUT2D eigenvalue weighted by Crippen LogP contribution is 2.32. The molecule has 0 unspecified atom stereocenters. The van der Waals surface area contributed by atoms with Crippen molar-refractivity contribution in [1.29, 1.82) is 0 Å². The normalized spacial score (nSPS) is 16.9. The van der Waals surface area contributed by atoms with Crippen LogP contribution in [0.2, 0.25) is 0 Å². The summed E-state index contributed by atoms with van der Waals surface area (Å²) in [6, 6.07) is 0. The summed E-state index contributed by atoms with van der Waals surface area (Å²) in [5.74, 6) is 0.779. The number of unbranched alkanes of at least 4 members (excludes halogenated alkanes) is 2. The number of rotatable bonds is 5. The van der Waals surface area contributed by atoms with E-state index >= 15 is 0 Å². The Morgan fingerprint density at radius 3 is 2.36 bits per heavy atom. The van der Waals surface area contributed by atoms with Gasteiger partial charge in [0.2, 0.25) is 0 Å². The summed E-state index contributed by atoms with van der Waals surface area (Å²) >= 11 is 5.75. The van der Waals surface area contributed by atoms with E-state index in [0.29, 0.717) is 0 Å². The fraction of sp³-hybridized carbons (Fsp3) is 0.800. The van der Waals surface area contributed by atoms with Gasteiger partial charge in [0.25, 0.3) is 0 Å². The first-order valence-corrected chi connectivity index (χ1v) is 5.17. The molecule has 0 saturated heterocycles. The number of hydrogen-bond donors (Lipinski definition) is 0. The van der Waals surface area contributed by atoms with Gasteiger partial charge in [0.1, 0.15) is 0 Å². The molecule has 0 atom stereocenters. The summed E-state index contributed by atoms with van der Waals surface area (Å²) in [7, 11) is 0. The van der Waals surface area contributed by atoms with Crippen LogP contribution in [0.15, 0.2) is 11.1 Å². The third-order valence-corrected chi connectivity index (χ3v) is 2.79. The van der Waals surface area contributed by atoms with Gasteiger partial charge in [-0.15, -0.1) is 11.6 Å². The first kappa shape index (κ1) is 9.12. The summed E-state index contributed by atoms with van der Waals surface area (Å²) in [6.45, 7) is 2.25. The summed E-state index contributed by atoms with van der Waals surface area (Å²) < 4.78 is 0. The second kappa shape index (κ2) is 4.82. The van der Waals surface area contributed by atoms with Crippen LogP contribution in [-0.2, 0) is 0 Å². The van der Waals surface area contributed by atoms with Crippen LogP contribution in [0.5, 0.6) is 0 Å². The van der Waals surface area contributed by atoms with Gasteiger partial charge in [-0.2, -0.15) is 0 Å². The first-order valence-electron chi connectivity index (χ1n) is 4.64. The summed E-state index contributed by atoms with van der Waals surface area (Å²) in [5.41, 5.74) is 3.19. The van der Waals surface area contributed by atoms with Gasteiger partial charge >= 0.3 is 0 Å². The lowest BCUT2D eigenvalue weighted by Crippen LogP contribution is -2.05. The van der Waals surface area contributed by atoms with Crippen LogP contribution >= 0.6 is 11.6 Å². The van der Waals surface area contributed by atoms with E-state index in [1.54, 1.807) is 5.57 Å². The quantitative estimate of drug-likeness (QED) is 0.335. The minimum Gasteiger partial charge on any atom is -0.122 e. The van der Waals surface area contributed by atoms with Gasteiger partial charge < -0.3 is 0 Å². The van der Waals surface area contributed by atoms with Crippen LogP contribution in [0.25, 0.3) is 0 Å². The third-order valence-electron chi connectivity index (χ3n) is 2.47. The number of allylic oxidation sites excluding steroid dienone is 2. The lowest BCUT2D eigenvalue weighted by molar-refractivity contribution is 0.655. The van der Waals surface area contributed by atoms with E-state index in [-0.39, 0.29) is 0 Å². The van der Waals surface area contributed by atoms with Crippen molar-refractivity contribution in [2.24, 2.45) is 0 Å². The molecule has 1 aliphatic rings. The molecule has 0 spiro atoms. The van der Waals surface area contributed by atoms with Crippen LogP contribution in [0.3, 0.4) is 0 Å². The van der Waals surface area contributed by atoms with Crippen molar-refractivity contribution in [2.45, 2.75) is 45.4 Å². The maximum Gasteiger partial charge on any atom is 0.0436 e. The van der Waals surface area contributed by atoms with Gasteiger partial charge in [0.15, 0.2) is 0 Å². The minimum absolute atomic E-state index is 0.779. The predicted octanol–water partition coefficient (Wildman–Crippen LogP) is 3.90. The standard InChI is InChI=1S/C10H17Cl/c1-2-3-4-5-9-6-7-10(9)8-11/h2-8H2,1H3. The molecule has 0 aromatic heterocycles. The lowest BCUT2D eigenvalue weighted by Gasteiger charge is -2.22. The largest absolute Gasteiger partial charge is 0.122 e. The predicted molar refractivity (Wildman–Crippen MR) is 51.1 cm³/mol. The van der Waals surface area contributed by atoms with Crippen molar-refractivity contribution in [2.75, 3.05) is 5.88 Å². The van der Waals surface area contributed by atoms with E-state index in [9.17, 15) is 0 Å². The highest BCUT2D eigenvalue weighted by molar-refractivity contribution is 6.19. The van der Waals surface area contributed by atoms with E-state index in [1.165, 1.54) is 44.1 Å². The van der Waals surface area contributed by atoms with Crippen molar-refractivity contribution in [3.63, 3.8) is 0 Å². The van der Waals surface area contributed by atoms with E-state index in [4.69, 9.17) is 11.6 Å². The lowest BCUT2D eigenvalue weighted by atomic mass is 9.86. The van der Waals surface area contributed by atoms with Crippen molar-refractivity contribution in [3.05, 3.63) is 11.1 Å². The number of hydrogen-bond acceptors (Lipinski definition) is 0. The number of halogens is 1. The van der Waals surface area contributed by atoms with Crippen LogP contribution in [0.4, 0.5) is 0 Å². The van der Waals surface area contributed by atoms with Gasteiger partial charge in [0, 0.05) is 5.88 Å². The summed E-state index contributed by atoms with van der Waals surface area (Å²) in [4.78, 5) is 0. The van der Waals surface area contributed by atoms with Crippen LogP contribution in [-0.4, -0.2) is 5.88 Å². The Morgan fingerprint density at radius 2 is 1.91 bits per heavy atom. The molecule has 11 heavy (non-hydrogen) atoms. The van der Waals surface area contributed by atoms with Gasteiger partial charge in [-0.3, -0.25) is 0 Å². The van der Waals surface area contributed by atoms with Crippen molar-refractivity contribution in [1.82, 2.24) is 0 Å². The maximum absolute atomic E-state index is 5.75. The molecule has 0 nitrogen and oxygen atoms in total. The SMILES string of the molecule is CCCCCC1=C(CCl)CC1. The van der Waals surface area contributed by atoms with Gasteiger partial charge in [-0.1, -0.05) is 30.9 Å². The molecule has 0 saturated carbocycles. The average molecular weight is 173 g/mol. The zero-order valence-electron chi connectivity index (χ0n) is 7.33. The van der Waals surface area contributed by atoms with Gasteiger partial charge in [-0.25, -0.2) is 0 Å². The fourth-order valence-electron chi connectivity index (χ4n) is 1.53. The van der Waals surface area contributed by atoms with E-state index in [2.05, 4.69) is 6.92 Å². The molecule has 0 radical (unpaired) electrons. The second-order valence-electron chi connectivity index (χ2n) is 3.30. The van der Waals surface area contributed by atoms with Crippen molar-refractivity contribution >= 4 is 11.6 Å². The Morgan fingerprint density at radius 1 is 1.18 bits per heavy atom. The van der Waals surface area contributed by atoms with E-state index < -0.39 is 0 Å². The smallest absolute Gasteiger partial charge is 0.0436 e. The Labute approximate surface area is 74.6 Å². The highest BCUT2D eigenvalue weighted by Gasteiger charge is 2.14. The topological polar surface area (TPSA) is 0 Å². The van der Waals surface area contributed by atoms with Gasteiger partial charge in [-0.05, 0) is 25.7 Å². The Balaban J connectivity index is 2.16. The van der Waals surface area contributed by atoms with E-state index in [1.807, 2.05) is 0 Å². The Kier molecular flexibility index (Phi) is 3.99. The summed E-state index contributed by atoms with van der Waals surface area (Å²) in [5, 5.41) is 0. The Bertz CT molecular complexity index is 147. The molecular formula is C10H17Cl. The molecule has 1 heteroatoms. The zero-order valence-corrected chi connectivity index (χ0v) is 8.08. The fourth-order valence-corrected chi connectivity index (χ4v) is 1.85. The molecule has 0 aliphatic heterocycles. The molecule has 0 heterocycles. The number of alkyl halides is 1. The zero-order chi connectivity index (χ0) is 8.10. The Hall–Kier alpha value is 0.0300. The molecular weight excluding hydrogens is 156 g/mol. The molecule has 0 amide bonds. The third kappa shape index (κ3) is 2.52. The van der Waals surface area contributed by atoms with Crippen LogP contribution in [0.1, 0.15) is 45.4 Å². The van der Waals surface area contributed by atoms with Gasteiger partial charge in [0.05, 0.1) is 0 Å². The monoisotopic (exact) mass is 172 g/mol. The van der Waals surface area contributed by atoms with E-state index in [0.717, 1.165) is 5.88 Å². The van der Waals surface area contributed by atoms with Crippen LogP contribution in [0, 0.1) is 0 Å². The molecule has 0 aromatic carbocycles. The summed E-state index contributed by atoms with van der Waals surface area (Å²) in [6.07, 6.45) is 7.97. The average Bonchev–Trinajstić information content (AvgIpc) is 1.97. The molecule has 0 N–H and O–H groups in total. The molecule has 64 valence electrons. The first-order chi connectivity index (χ1) is 5.38. The van der Waals surface area contributed by atoms with Crippen molar-refractivity contribution < 1.29 is 0 Å². The molecule has 1 aliphatic carbocycles. The van der Waals surface area contributed by atoms with Crippen LogP contribution < -0.4 is 0 Å². The molecule has 0 fully saturated rings. The molecule has 0 aromatic rings.